The van der Waals surface area contributed by atoms with Gasteiger partial charge in [0.1, 0.15) is 0 Å². The molecule has 4 N–H and O–H groups in total. The number of fused-ring (bicyclic) bond motifs is 3. The van der Waals surface area contributed by atoms with E-state index in [0.29, 0.717) is 11.1 Å². The molecule has 0 amide bonds. The summed E-state index contributed by atoms with van der Waals surface area (Å²) in [5, 5.41) is 12.0. The summed E-state index contributed by atoms with van der Waals surface area (Å²) in [6.07, 6.45) is 5.73. The summed E-state index contributed by atoms with van der Waals surface area (Å²) in [5.41, 5.74) is 9.15. The monoisotopic (exact) mass is 343 g/mol. The normalized spacial score (nSPS) is 11.6. The molecule has 0 radical (unpaired) electrons. The number of hydrogen-bond acceptors (Lipinski definition) is 3. The number of carbonyl (C=O) groups is 1. The third-order valence-electron chi connectivity index (χ3n) is 4.44. The predicted molar refractivity (Wildman–Crippen MR) is 104 cm³/mol. The number of nitrogens with two attached hydrogens (primary N) is 1. The van der Waals surface area contributed by atoms with Gasteiger partial charge in [0.15, 0.2) is 0 Å². The molecule has 0 aliphatic carbocycles. The first kappa shape index (κ1) is 16.1. The molecule has 0 aliphatic heterocycles. The van der Waals surface area contributed by atoms with Crippen LogP contribution in [-0.2, 0) is 6.54 Å². The van der Waals surface area contributed by atoms with E-state index in [4.69, 9.17) is 5.73 Å². The zero-order valence-electron chi connectivity index (χ0n) is 13.9. The lowest BCUT2D eigenvalue weighted by atomic mass is 10.1. The van der Waals surface area contributed by atoms with Crippen molar-refractivity contribution in [1.82, 2.24) is 9.97 Å². The van der Waals surface area contributed by atoms with Crippen molar-refractivity contribution in [2.24, 2.45) is 5.73 Å². The molecule has 0 unspecified atom stereocenters. The SMILES string of the molecule is NCc1[nH]c2c(ccc3cnc(/C=C/c4ccccc4)cc32)c1C(=O)O. The standard InChI is InChI=1S/C21H17N3O2/c22-11-18-19(21(25)26)16-9-7-14-12-23-15(10-17(14)20(16)24-18)8-6-13-4-2-1-3-5-13/h1-10,12,24H,11,22H2,(H,25,26)/b8-6+. The van der Waals surface area contributed by atoms with Gasteiger partial charge < -0.3 is 15.8 Å². The van der Waals surface area contributed by atoms with Gasteiger partial charge in [-0.3, -0.25) is 4.98 Å². The van der Waals surface area contributed by atoms with Crippen LogP contribution in [0.5, 0.6) is 0 Å². The highest BCUT2D eigenvalue weighted by atomic mass is 16.4. The van der Waals surface area contributed by atoms with Crippen LogP contribution in [0.4, 0.5) is 0 Å². The molecule has 5 nitrogen and oxygen atoms in total. The van der Waals surface area contributed by atoms with E-state index in [-0.39, 0.29) is 12.1 Å². The summed E-state index contributed by atoms with van der Waals surface area (Å²) in [6.45, 7) is 0.143. The number of rotatable bonds is 4. The Morgan fingerprint density at radius 1 is 1.12 bits per heavy atom. The van der Waals surface area contributed by atoms with Crippen molar-refractivity contribution < 1.29 is 9.90 Å². The van der Waals surface area contributed by atoms with E-state index in [2.05, 4.69) is 9.97 Å². The Labute approximate surface area is 149 Å². The van der Waals surface area contributed by atoms with Crippen LogP contribution in [0.3, 0.4) is 0 Å². The largest absolute Gasteiger partial charge is 0.478 e. The molecular weight excluding hydrogens is 326 g/mol. The van der Waals surface area contributed by atoms with Gasteiger partial charge in [0.25, 0.3) is 0 Å². The van der Waals surface area contributed by atoms with Gasteiger partial charge in [-0.1, -0.05) is 48.5 Å². The van der Waals surface area contributed by atoms with E-state index in [1.54, 1.807) is 12.3 Å². The highest BCUT2D eigenvalue weighted by Crippen LogP contribution is 2.30. The molecule has 26 heavy (non-hydrogen) atoms. The van der Waals surface area contributed by atoms with Gasteiger partial charge in [-0.25, -0.2) is 4.79 Å². The van der Waals surface area contributed by atoms with Crippen molar-refractivity contribution in [2.45, 2.75) is 6.54 Å². The van der Waals surface area contributed by atoms with Crippen molar-refractivity contribution in [3.63, 3.8) is 0 Å². The smallest absolute Gasteiger partial charge is 0.338 e. The van der Waals surface area contributed by atoms with Gasteiger partial charge in [-0.15, -0.1) is 0 Å². The van der Waals surface area contributed by atoms with E-state index >= 15 is 0 Å². The number of pyridine rings is 1. The number of hydrogen-bond donors (Lipinski definition) is 3. The molecule has 0 bridgehead atoms. The number of carboxylic acid groups (broad SMARTS) is 1. The topological polar surface area (TPSA) is 92.0 Å². The molecule has 5 heteroatoms. The quantitative estimate of drug-likeness (QED) is 0.521. The molecule has 2 aromatic carbocycles. The lowest BCUT2D eigenvalue weighted by Gasteiger charge is -2.02. The predicted octanol–water partition coefficient (Wildman–Crippen LogP) is 4.04. The molecule has 2 aromatic heterocycles. The lowest BCUT2D eigenvalue weighted by molar-refractivity contribution is 0.0698. The van der Waals surface area contributed by atoms with Crippen molar-refractivity contribution in [3.05, 3.63) is 77.2 Å². The van der Waals surface area contributed by atoms with Gasteiger partial charge in [0.05, 0.1) is 16.8 Å². The Bertz CT molecular complexity index is 1140. The second-order valence-corrected chi connectivity index (χ2v) is 6.05. The number of nitrogens with one attached hydrogen (secondary N) is 1. The summed E-state index contributed by atoms with van der Waals surface area (Å²) in [6, 6.07) is 15.6. The minimum absolute atomic E-state index is 0.143. The fraction of sp³-hybridized carbons (Fsp3) is 0.0476. The number of benzene rings is 2. The first-order chi connectivity index (χ1) is 12.7. The molecule has 0 atom stereocenters. The number of carboxylic acids is 1. The Balaban J connectivity index is 1.87. The third kappa shape index (κ3) is 2.74. The second-order valence-electron chi connectivity index (χ2n) is 6.05. The molecule has 128 valence electrons. The first-order valence-corrected chi connectivity index (χ1v) is 8.27. The van der Waals surface area contributed by atoms with Crippen LogP contribution in [-0.4, -0.2) is 21.0 Å². The summed E-state index contributed by atoms with van der Waals surface area (Å²) >= 11 is 0. The molecule has 2 heterocycles. The minimum atomic E-state index is -0.977. The van der Waals surface area contributed by atoms with Crippen molar-refractivity contribution in [2.75, 3.05) is 0 Å². The summed E-state index contributed by atoms with van der Waals surface area (Å²) in [4.78, 5) is 19.3. The van der Waals surface area contributed by atoms with Crippen molar-refractivity contribution in [1.29, 1.82) is 0 Å². The molecular formula is C21H17N3O2. The lowest BCUT2D eigenvalue weighted by Crippen LogP contribution is -2.05. The molecule has 0 spiro atoms. The van der Waals surface area contributed by atoms with E-state index < -0.39 is 5.97 Å². The van der Waals surface area contributed by atoms with Gasteiger partial charge >= 0.3 is 5.97 Å². The van der Waals surface area contributed by atoms with Gasteiger partial charge in [0, 0.05) is 34.6 Å². The van der Waals surface area contributed by atoms with Gasteiger partial charge in [-0.05, 0) is 17.7 Å². The van der Waals surface area contributed by atoms with E-state index in [9.17, 15) is 9.90 Å². The van der Waals surface area contributed by atoms with Crippen LogP contribution in [0.25, 0.3) is 33.8 Å². The maximum Gasteiger partial charge on any atom is 0.338 e. The number of aromatic nitrogens is 2. The average Bonchev–Trinajstić information content (AvgIpc) is 3.06. The first-order valence-electron chi connectivity index (χ1n) is 8.27. The van der Waals surface area contributed by atoms with Gasteiger partial charge in [-0.2, -0.15) is 0 Å². The molecule has 0 fully saturated rings. The number of nitrogens with zero attached hydrogens (tertiary/aromatic N) is 1. The molecule has 0 aliphatic rings. The van der Waals surface area contributed by atoms with Crippen LogP contribution < -0.4 is 5.73 Å². The Kier molecular flexibility index (Phi) is 3.99. The van der Waals surface area contributed by atoms with Crippen LogP contribution in [0.1, 0.15) is 27.3 Å². The van der Waals surface area contributed by atoms with Crippen LogP contribution in [0, 0.1) is 0 Å². The third-order valence-corrected chi connectivity index (χ3v) is 4.44. The van der Waals surface area contributed by atoms with Crippen LogP contribution >= 0.6 is 0 Å². The molecule has 0 saturated carbocycles. The molecule has 4 aromatic rings. The van der Waals surface area contributed by atoms with Crippen LogP contribution in [0.15, 0.2) is 54.7 Å². The fourth-order valence-corrected chi connectivity index (χ4v) is 3.19. The maximum absolute atomic E-state index is 11.6. The van der Waals surface area contributed by atoms with Crippen LogP contribution in [0.2, 0.25) is 0 Å². The average molecular weight is 343 g/mol. The second kappa shape index (κ2) is 6.46. The van der Waals surface area contributed by atoms with Crippen molar-refractivity contribution in [3.8, 4) is 0 Å². The zero-order valence-corrected chi connectivity index (χ0v) is 13.9. The number of aromatic amines is 1. The molecule has 0 saturated heterocycles. The highest BCUT2D eigenvalue weighted by molar-refractivity contribution is 6.13. The minimum Gasteiger partial charge on any atom is -0.478 e. The van der Waals surface area contributed by atoms with Crippen molar-refractivity contribution >= 4 is 39.8 Å². The maximum atomic E-state index is 11.6. The Morgan fingerprint density at radius 2 is 1.92 bits per heavy atom. The number of aromatic carboxylic acids is 1. The van der Waals surface area contributed by atoms with E-state index in [1.807, 2.05) is 54.6 Å². The fourth-order valence-electron chi connectivity index (χ4n) is 3.19. The van der Waals surface area contributed by atoms with E-state index in [1.165, 1.54) is 0 Å². The zero-order chi connectivity index (χ0) is 18.1. The molecule has 4 rings (SSSR count). The van der Waals surface area contributed by atoms with E-state index in [0.717, 1.165) is 27.5 Å². The summed E-state index contributed by atoms with van der Waals surface area (Å²) in [7, 11) is 0. The highest BCUT2D eigenvalue weighted by Gasteiger charge is 2.18. The summed E-state index contributed by atoms with van der Waals surface area (Å²) < 4.78 is 0. The van der Waals surface area contributed by atoms with Gasteiger partial charge in [0.2, 0.25) is 0 Å². The summed E-state index contributed by atoms with van der Waals surface area (Å²) in [5.74, 6) is -0.977. The Morgan fingerprint density at radius 3 is 2.65 bits per heavy atom. The number of H-pyrrole nitrogens is 1. The Hall–Kier alpha value is -3.44.